The molecule has 0 saturated heterocycles. The quantitative estimate of drug-likeness (QED) is 0.717. The third-order valence-electron chi connectivity index (χ3n) is 2.43. The zero-order valence-electron chi connectivity index (χ0n) is 9.77. The maximum atomic E-state index is 9.66. The fraction of sp³-hybridized carbons (Fsp3) is 0.500. The van der Waals surface area contributed by atoms with Crippen LogP contribution in [-0.4, -0.2) is 23.9 Å². The molecule has 0 amide bonds. The van der Waals surface area contributed by atoms with Gasteiger partial charge in [-0.3, -0.25) is 0 Å². The van der Waals surface area contributed by atoms with Crippen LogP contribution >= 0.6 is 0 Å². The lowest BCUT2D eigenvalue weighted by Crippen LogP contribution is -2.46. The van der Waals surface area contributed by atoms with Crippen LogP contribution in [-0.2, 0) is 6.42 Å². The molecule has 0 radical (unpaired) electrons. The second-order valence-corrected chi connectivity index (χ2v) is 4.36. The van der Waals surface area contributed by atoms with Gasteiger partial charge in [0.25, 0.3) is 0 Å². The van der Waals surface area contributed by atoms with Crippen LogP contribution in [0.1, 0.15) is 19.4 Å². The van der Waals surface area contributed by atoms with Gasteiger partial charge < -0.3 is 10.3 Å². The van der Waals surface area contributed by atoms with Crippen molar-refractivity contribution in [3.05, 3.63) is 35.9 Å². The molecule has 3 heteroatoms. The molecule has 0 aromatic heterocycles. The van der Waals surface area contributed by atoms with Crippen LogP contribution in [0.15, 0.2) is 30.3 Å². The van der Waals surface area contributed by atoms with Crippen LogP contribution in [0.25, 0.3) is 0 Å². The molecular formula is C12H20BNO. The average molecular weight is 205 g/mol. The molecule has 1 aromatic rings. The number of rotatable bonds is 5. The zero-order chi connectivity index (χ0) is 11.3. The topological polar surface area (TPSA) is 32.3 Å². The van der Waals surface area contributed by atoms with Gasteiger partial charge in [-0.2, -0.15) is 0 Å². The standard InChI is InChI=1S/C12H20BNO/c1-10(2)14-12(13(3)15)9-11-7-5-4-6-8-11/h4-8,10,12,14-15H,9H2,1-3H3/t12-/m0/s1. The van der Waals surface area contributed by atoms with Gasteiger partial charge in [0.2, 0.25) is 0 Å². The molecule has 2 N–H and O–H groups in total. The van der Waals surface area contributed by atoms with Gasteiger partial charge in [-0.05, 0) is 12.0 Å². The van der Waals surface area contributed by atoms with Crippen LogP contribution in [0.5, 0.6) is 0 Å². The van der Waals surface area contributed by atoms with E-state index in [0.29, 0.717) is 6.04 Å². The lowest BCUT2D eigenvalue weighted by atomic mass is 9.61. The zero-order valence-corrected chi connectivity index (χ0v) is 9.77. The molecule has 1 rings (SSSR count). The fourth-order valence-corrected chi connectivity index (χ4v) is 1.66. The van der Waals surface area contributed by atoms with Crippen LogP contribution < -0.4 is 5.32 Å². The Morgan fingerprint density at radius 2 is 1.87 bits per heavy atom. The second kappa shape index (κ2) is 5.94. The van der Waals surface area contributed by atoms with Crippen LogP contribution in [0.2, 0.25) is 6.82 Å². The predicted molar refractivity (Wildman–Crippen MR) is 66.0 cm³/mol. The van der Waals surface area contributed by atoms with Gasteiger partial charge in [0.05, 0.1) is 0 Å². The Balaban J connectivity index is 2.59. The third-order valence-corrected chi connectivity index (χ3v) is 2.43. The molecule has 0 aliphatic heterocycles. The van der Waals surface area contributed by atoms with Crippen molar-refractivity contribution >= 4 is 6.92 Å². The molecule has 0 aliphatic rings. The average Bonchev–Trinajstić information content (AvgIpc) is 2.17. The molecule has 0 unspecified atom stereocenters. The van der Waals surface area contributed by atoms with E-state index in [0.717, 1.165) is 6.42 Å². The minimum absolute atomic E-state index is 0.132. The van der Waals surface area contributed by atoms with E-state index < -0.39 is 0 Å². The first kappa shape index (κ1) is 12.3. The summed E-state index contributed by atoms with van der Waals surface area (Å²) in [5.41, 5.74) is 1.26. The summed E-state index contributed by atoms with van der Waals surface area (Å²) in [6.07, 6.45) is 0.872. The Labute approximate surface area is 92.8 Å². The molecule has 0 aliphatic carbocycles. The van der Waals surface area contributed by atoms with Gasteiger partial charge in [0, 0.05) is 12.0 Å². The van der Waals surface area contributed by atoms with Gasteiger partial charge in [0.1, 0.15) is 0 Å². The Hall–Kier alpha value is -0.795. The molecule has 1 aromatic carbocycles. The summed E-state index contributed by atoms with van der Waals surface area (Å²) in [6, 6.07) is 10.7. The highest BCUT2D eigenvalue weighted by molar-refractivity contribution is 6.50. The van der Waals surface area contributed by atoms with Gasteiger partial charge >= 0.3 is 6.92 Å². The Morgan fingerprint density at radius 1 is 1.27 bits per heavy atom. The van der Waals surface area contributed by atoms with E-state index in [1.54, 1.807) is 0 Å². The molecule has 82 valence electrons. The van der Waals surface area contributed by atoms with E-state index in [1.165, 1.54) is 5.56 Å². The van der Waals surface area contributed by atoms with Gasteiger partial charge in [-0.25, -0.2) is 0 Å². The first-order chi connectivity index (χ1) is 7.09. The van der Waals surface area contributed by atoms with Crippen molar-refractivity contribution in [3.63, 3.8) is 0 Å². The highest BCUT2D eigenvalue weighted by Gasteiger charge is 2.19. The summed E-state index contributed by atoms with van der Waals surface area (Å²) < 4.78 is 0. The van der Waals surface area contributed by atoms with E-state index >= 15 is 0 Å². The van der Waals surface area contributed by atoms with Crippen LogP contribution in [0, 0.1) is 0 Å². The molecule has 15 heavy (non-hydrogen) atoms. The van der Waals surface area contributed by atoms with Crippen molar-refractivity contribution in [2.24, 2.45) is 0 Å². The highest BCUT2D eigenvalue weighted by Crippen LogP contribution is 2.05. The van der Waals surface area contributed by atoms with Crippen molar-refractivity contribution < 1.29 is 5.02 Å². The Kier molecular flexibility index (Phi) is 4.86. The molecule has 0 heterocycles. The molecule has 1 atom stereocenters. The number of nitrogens with one attached hydrogen (secondary N) is 1. The van der Waals surface area contributed by atoms with E-state index in [-0.39, 0.29) is 12.9 Å². The van der Waals surface area contributed by atoms with Gasteiger partial charge in [0.15, 0.2) is 0 Å². The van der Waals surface area contributed by atoms with E-state index in [2.05, 4.69) is 31.3 Å². The van der Waals surface area contributed by atoms with Crippen molar-refractivity contribution in [3.8, 4) is 0 Å². The van der Waals surface area contributed by atoms with E-state index in [9.17, 15) is 5.02 Å². The normalized spacial score (nSPS) is 12.9. The molecule has 0 bridgehead atoms. The molecule has 0 saturated carbocycles. The number of benzene rings is 1. The van der Waals surface area contributed by atoms with Crippen molar-refractivity contribution in [2.45, 2.75) is 39.1 Å². The Bertz CT molecular complexity index is 274. The minimum Gasteiger partial charge on any atom is -0.449 e. The summed E-state index contributed by atoms with van der Waals surface area (Å²) >= 11 is 0. The third kappa shape index (κ3) is 4.49. The molecule has 0 spiro atoms. The Morgan fingerprint density at radius 3 is 2.33 bits per heavy atom. The van der Waals surface area contributed by atoms with Crippen molar-refractivity contribution in [1.82, 2.24) is 5.32 Å². The maximum Gasteiger partial charge on any atom is 0.303 e. The monoisotopic (exact) mass is 205 g/mol. The van der Waals surface area contributed by atoms with Crippen molar-refractivity contribution in [2.75, 3.05) is 0 Å². The van der Waals surface area contributed by atoms with Gasteiger partial charge in [-0.15, -0.1) is 0 Å². The number of hydrogen-bond acceptors (Lipinski definition) is 2. The van der Waals surface area contributed by atoms with E-state index in [1.807, 2.05) is 25.0 Å². The second-order valence-electron chi connectivity index (χ2n) is 4.36. The first-order valence-electron chi connectivity index (χ1n) is 5.57. The number of hydrogen-bond donors (Lipinski definition) is 2. The fourth-order valence-electron chi connectivity index (χ4n) is 1.66. The lowest BCUT2D eigenvalue weighted by molar-refractivity contribution is 0.480. The minimum atomic E-state index is -0.326. The van der Waals surface area contributed by atoms with Crippen LogP contribution in [0.3, 0.4) is 0 Å². The largest absolute Gasteiger partial charge is 0.449 e. The predicted octanol–water partition coefficient (Wildman–Crippen LogP) is 1.75. The SMILES string of the molecule is CB(O)[C@H](Cc1ccccc1)NC(C)C. The van der Waals surface area contributed by atoms with Gasteiger partial charge in [-0.1, -0.05) is 51.0 Å². The molecule has 2 nitrogen and oxygen atoms in total. The lowest BCUT2D eigenvalue weighted by Gasteiger charge is -2.21. The molecular weight excluding hydrogens is 185 g/mol. The summed E-state index contributed by atoms with van der Waals surface area (Å²) in [5.74, 6) is 0.132. The highest BCUT2D eigenvalue weighted by atomic mass is 16.2. The maximum absolute atomic E-state index is 9.66. The van der Waals surface area contributed by atoms with Crippen molar-refractivity contribution in [1.29, 1.82) is 0 Å². The summed E-state index contributed by atoms with van der Waals surface area (Å²) in [6.45, 7) is 5.71. The summed E-state index contributed by atoms with van der Waals surface area (Å²) in [5, 5.41) is 13.0. The molecule has 0 fully saturated rings. The smallest absolute Gasteiger partial charge is 0.303 e. The van der Waals surface area contributed by atoms with Crippen LogP contribution in [0.4, 0.5) is 0 Å². The summed E-state index contributed by atoms with van der Waals surface area (Å²) in [4.78, 5) is 0. The first-order valence-corrected chi connectivity index (χ1v) is 5.57. The summed E-state index contributed by atoms with van der Waals surface area (Å²) in [7, 11) is 0. The van der Waals surface area contributed by atoms with E-state index in [4.69, 9.17) is 0 Å².